The number of nitrogens with one attached hydrogen (secondary N) is 1. The van der Waals surface area contributed by atoms with E-state index in [9.17, 15) is 0 Å². The Morgan fingerprint density at radius 1 is 1.29 bits per heavy atom. The first-order valence-corrected chi connectivity index (χ1v) is 9.49. The van der Waals surface area contributed by atoms with E-state index >= 15 is 0 Å². The van der Waals surface area contributed by atoms with Crippen LogP contribution in [0.25, 0.3) is 0 Å². The molecule has 3 heteroatoms. The average molecular weight is 305 g/mol. The van der Waals surface area contributed by atoms with Gasteiger partial charge in [0.05, 0.1) is 5.60 Å². The van der Waals surface area contributed by atoms with Crippen molar-refractivity contribution in [3.63, 3.8) is 0 Å². The van der Waals surface area contributed by atoms with E-state index < -0.39 is 0 Å². The summed E-state index contributed by atoms with van der Waals surface area (Å²) >= 11 is 2.08. The molecular formula is C18H27NOS. The first kappa shape index (κ1) is 15.4. The van der Waals surface area contributed by atoms with Crippen LogP contribution in [0.5, 0.6) is 0 Å². The maximum absolute atomic E-state index is 6.20. The topological polar surface area (TPSA) is 21.3 Å². The quantitative estimate of drug-likeness (QED) is 0.902. The third-order valence-electron chi connectivity index (χ3n) is 4.94. The molecule has 1 N–H and O–H groups in total. The molecular weight excluding hydrogens is 278 g/mol. The van der Waals surface area contributed by atoms with Crippen LogP contribution in [0, 0.1) is 0 Å². The van der Waals surface area contributed by atoms with Crippen molar-refractivity contribution < 1.29 is 4.74 Å². The van der Waals surface area contributed by atoms with Gasteiger partial charge < -0.3 is 10.1 Å². The normalized spacial score (nSPS) is 26.6. The molecule has 21 heavy (non-hydrogen) atoms. The second-order valence-corrected chi connectivity index (χ2v) is 7.60. The summed E-state index contributed by atoms with van der Waals surface area (Å²) in [5, 5.41) is 3.91. The van der Waals surface area contributed by atoms with Gasteiger partial charge in [-0.15, -0.1) is 0 Å². The predicted molar refractivity (Wildman–Crippen MR) is 90.9 cm³/mol. The zero-order chi connectivity index (χ0) is 14.5. The largest absolute Gasteiger partial charge is 0.375 e. The molecule has 2 heterocycles. The Labute approximate surface area is 133 Å². The lowest BCUT2D eigenvalue weighted by Crippen LogP contribution is -2.49. The minimum atomic E-state index is 0.177. The van der Waals surface area contributed by atoms with Crippen LogP contribution in [0.3, 0.4) is 0 Å². The van der Waals surface area contributed by atoms with E-state index in [1.807, 2.05) is 0 Å². The number of hydrogen-bond donors (Lipinski definition) is 1. The van der Waals surface area contributed by atoms with Gasteiger partial charge >= 0.3 is 0 Å². The molecule has 0 aromatic heterocycles. The highest BCUT2D eigenvalue weighted by atomic mass is 32.2. The number of rotatable bonds is 4. The van der Waals surface area contributed by atoms with E-state index in [0.29, 0.717) is 12.1 Å². The van der Waals surface area contributed by atoms with Crippen molar-refractivity contribution in [2.45, 2.75) is 56.7 Å². The predicted octanol–water partition coefficient (Wildman–Crippen LogP) is 4.17. The fraction of sp³-hybridized carbons (Fsp3) is 0.667. The van der Waals surface area contributed by atoms with E-state index in [1.165, 1.54) is 36.3 Å². The second-order valence-electron chi connectivity index (χ2n) is 6.37. The Morgan fingerprint density at radius 3 is 2.76 bits per heavy atom. The molecule has 116 valence electrons. The molecule has 1 aromatic rings. The number of ether oxygens (including phenoxy) is 1. The van der Waals surface area contributed by atoms with Crippen molar-refractivity contribution in [3.05, 3.63) is 35.9 Å². The summed E-state index contributed by atoms with van der Waals surface area (Å²) in [6.45, 7) is 3.20. The van der Waals surface area contributed by atoms with Crippen LogP contribution in [0.15, 0.2) is 30.3 Å². The lowest BCUT2D eigenvalue weighted by atomic mass is 9.85. The number of thioether (sulfide) groups is 1. The van der Waals surface area contributed by atoms with Crippen LogP contribution in [-0.2, 0) is 4.74 Å². The van der Waals surface area contributed by atoms with Gasteiger partial charge in [-0.05, 0) is 49.2 Å². The molecule has 3 rings (SSSR count). The van der Waals surface area contributed by atoms with Gasteiger partial charge in [-0.25, -0.2) is 0 Å². The smallest absolute Gasteiger partial charge is 0.0713 e. The van der Waals surface area contributed by atoms with Crippen molar-refractivity contribution in [3.8, 4) is 0 Å². The molecule has 2 aliphatic heterocycles. The molecule has 2 unspecified atom stereocenters. The van der Waals surface area contributed by atoms with Crippen molar-refractivity contribution in [1.29, 1.82) is 0 Å². The molecule has 1 aromatic carbocycles. The van der Waals surface area contributed by atoms with E-state index in [1.54, 1.807) is 0 Å². The van der Waals surface area contributed by atoms with Crippen molar-refractivity contribution in [1.82, 2.24) is 5.32 Å². The maximum Gasteiger partial charge on any atom is 0.0713 e. The van der Waals surface area contributed by atoms with Crippen molar-refractivity contribution in [2.75, 3.05) is 18.1 Å². The minimum Gasteiger partial charge on any atom is -0.375 e. The summed E-state index contributed by atoms with van der Waals surface area (Å²) in [7, 11) is 0. The number of hydrogen-bond acceptors (Lipinski definition) is 3. The second kappa shape index (κ2) is 7.17. The molecule has 2 saturated heterocycles. The van der Waals surface area contributed by atoms with E-state index in [-0.39, 0.29) is 5.60 Å². The van der Waals surface area contributed by atoms with Crippen molar-refractivity contribution in [2.24, 2.45) is 0 Å². The van der Waals surface area contributed by atoms with E-state index in [2.05, 4.69) is 54.3 Å². The molecule has 0 saturated carbocycles. The third-order valence-corrected chi connectivity index (χ3v) is 5.93. The van der Waals surface area contributed by atoms with E-state index in [4.69, 9.17) is 4.74 Å². The summed E-state index contributed by atoms with van der Waals surface area (Å²) in [5.41, 5.74) is 1.59. The standard InChI is InChI=1S/C18H27NOS/c1-2-17(15-6-4-3-5-7-15)19-16-8-11-20-18(14-16)9-12-21-13-10-18/h3-7,16-17,19H,2,8-14H2,1H3. The molecule has 0 bridgehead atoms. The van der Waals surface area contributed by atoms with E-state index in [0.717, 1.165) is 19.4 Å². The molecule has 1 spiro atoms. The van der Waals surface area contributed by atoms with Gasteiger partial charge in [0.2, 0.25) is 0 Å². The molecule has 2 fully saturated rings. The first-order chi connectivity index (χ1) is 10.3. The average Bonchev–Trinajstić information content (AvgIpc) is 2.54. The fourth-order valence-electron chi connectivity index (χ4n) is 3.68. The van der Waals surface area contributed by atoms with Gasteiger partial charge in [-0.3, -0.25) is 0 Å². The minimum absolute atomic E-state index is 0.177. The Kier molecular flexibility index (Phi) is 5.25. The van der Waals surface area contributed by atoms with Gasteiger partial charge in [-0.1, -0.05) is 37.3 Å². The highest BCUT2D eigenvalue weighted by molar-refractivity contribution is 7.99. The molecule has 0 radical (unpaired) electrons. The zero-order valence-corrected chi connectivity index (χ0v) is 13.8. The molecule has 2 aliphatic rings. The van der Waals surface area contributed by atoms with Crippen LogP contribution in [0.2, 0.25) is 0 Å². The Hall–Kier alpha value is -0.510. The van der Waals surface area contributed by atoms with Crippen LogP contribution in [0.4, 0.5) is 0 Å². The summed E-state index contributed by atoms with van der Waals surface area (Å²) in [6, 6.07) is 11.9. The van der Waals surface area contributed by atoms with Crippen LogP contribution in [-0.4, -0.2) is 29.8 Å². The van der Waals surface area contributed by atoms with Gasteiger partial charge in [0.1, 0.15) is 0 Å². The molecule has 2 nitrogen and oxygen atoms in total. The van der Waals surface area contributed by atoms with Crippen LogP contribution >= 0.6 is 11.8 Å². The highest BCUT2D eigenvalue weighted by Crippen LogP contribution is 2.38. The molecule has 0 aliphatic carbocycles. The summed E-state index contributed by atoms with van der Waals surface area (Å²) < 4.78 is 6.20. The SMILES string of the molecule is CCC(NC1CCOC2(CCSCC2)C1)c1ccccc1. The van der Waals surface area contributed by atoms with Gasteiger partial charge in [0, 0.05) is 18.7 Å². The number of benzene rings is 1. The van der Waals surface area contributed by atoms with Gasteiger partial charge in [0.25, 0.3) is 0 Å². The molecule has 0 amide bonds. The highest BCUT2D eigenvalue weighted by Gasteiger charge is 2.39. The Morgan fingerprint density at radius 2 is 2.05 bits per heavy atom. The lowest BCUT2D eigenvalue weighted by Gasteiger charge is -2.44. The lowest BCUT2D eigenvalue weighted by molar-refractivity contribution is -0.0943. The monoisotopic (exact) mass is 305 g/mol. The zero-order valence-electron chi connectivity index (χ0n) is 13.0. The van der Waals surface area contributed by atoms with Crippen LogP contribution < -0.4 is 5.32 Å². The van der Waals surface area contributed by atoms with Gasteiger partial charge in [-0.2, -0.15) is 11.8 Å². The third kappa shape index (κ3) is 3.82. The van der Waals surface area contributed by atoms with Crippen molar-refractivity contribution >= 4 is 11.8 Å². The Bertz CT molecular complexity index is 425. The van der Waals surface area contributed by atoms with Gasteiger partial charge in [0.15, 0.2) is 0 Å². The first-order valence-electron chi connectivity index (χ1n) is 8.34. The maximum atomic E-state index is 6.20. The fourth-order valence-corrected chi connectivity index (χ4v) is 4.92. The summed E-state index contributed by atoms with van der Waals surface area (Å²) in [6.07, 6.45) is 5.95. The van der Waals surface area contributed by atoms with Crippen LogP contribution in [0.1, 0.15) is 50.6 Å². The Balaban J connectivity index is 1.63. The summed E-state index contributed by atoms with van der Waals surface area (Å²) in [4.78, 5) is 0. The molecule has 2 atom stereocenters. The summed E-state index contributed by atoms with van der Waals surface area (Å²) in [5.74, 6) is 2.53.